The van der Waals surface area contributed by atoms with Crippen molar-refractivity contribution in [3.05, 3.63) is 29.8 Å². The average Bonchev–Trinajstić information content (AvgIpc) is 2.71. The third-order valence-corrected chi connectivity index (χ3v) is 5.20. The minimum atomic E-state index is -3.50. The van der Waals surface area contributed by atoms with Crippen LogP contribution in [0.3, 0.4) is 0 Å². The molecule has 1 unspecified atom stereocenters. The lowest BCUT2D eigenvalue weighted by Crippen LogP contribution is -2.33. The summed E-state index contributed by atoms with van der Waals surface area (Å²) in [5, 5.41) is 0. The maximum Gasteiger partial charge on any atom is 0.320 e. The van der Waals surface area contributed by atoms with E-state index in [2.05, 4.69) is 9.47 Å². The number of hydrogen-bond donors (Lipinski definition) is 0. The largest absolute Gasteiger partial charge is 0.468 e. The minimum Gasteiger partial charge on any atom is -0.468 e. The number of esters is 2. The Bertz CT molecular complexity index is 633. The summed E-state index contributed by atoms with van der Waals surface area (Å²) >= 11 is 0. The highest BCUT2D eigenvalue weighted by atomic mass is 32.2. The van der Waals surface area contributed by atoms with Crippen LogP contribution in [0.5, 0.6) is 0 Å². The van der Waals surface area contributed by atoms with Crippen LogP contribution in [0.4, 0.5) is 0 Å². The normalized spacial score (nSPS) is 19.4. The summed E-state index contributed by atoms with van der Waals surface area (Å²) in [6, 6.07) is 6.34. The standard InChI is InChI=1S/C13H14O6S/c1-18-12(14)11(13(15)19-2)9-7-20(16,17)10-6-4-3-5-8(9)10/h3-6,9,11H,7H2,1-2H3. The van der Waals surface area contributed by atoms with Crippen molar-refractivity contribution in [2.75, 3.05) is 20.0 Å². The highest BCUT2D eigenvalue weighted by Gasteiger charge is 2.46. The third-order valence-electron chi connectivity index (χ3n) is 3.37. The second-order valence-corrected chi connectivity index (χ2v) is 6.45. The zero-order chi connectivity index (χ0) is 14.9. The molecule has 0 N–H and O–H groups in total. The Balaban J connectivity index is 2.52. The summed E-state index contributed by atoms with van der Waals surface area (Å²) < 4.78 is 33.4. The van der Waals surface area contributed by atoms with Gasteiger partial charge in [-0.1, -0.05) is 18.2 Å². The smallest absolute Gasteiger partial charge is 0.320 e. The first-order valence-corrected chi connectivity index (χ1v) is 7.55. The van der Waals surface area contributed by atoms with Gasteiger partial charge in [-0.2, -0.15) is 0 Å². The monoisotopic (exact) mass is 298 g/mol. The molecule has 1 aliphatic rings. The van der Waals surface area contributed by atoms with Crippen LogP contribution in [-0.2, 0) is 28.9 Å². The Hall–Kier alpha value is -1.89. The predicted molar refractivity (Wildman–Crippen MR) is 68.8 cm³/mol. The molecular weight excluding hydrogens is 284 g/mol. The van der Waals surface area contributed by atoms with Crippen LogP contribution < -0.4 is 0 Å². The van der Waals surface area contributed by atoms with Gasteiger partial charge in [0, 0.05) is 5.92 Å². The SMILES string of the molecule is COC(=O)C(C(=O)OC)C1CS(=O)(=O)c2ccccc21. The van der Waals surface area contributed by atoms with E-state index in [0.29, 0.717) is 5.56 Å². The van der Waals surface area contributed by atoms with Crippen LogP contribution in [0.25, 0.3) is 0 Å². The van der Waals surface area contributed by atoms with Crippen molar-refractivity contribution >= 4 is 21.8 Å². The first kappa shape index (κ1) is 14.5. The number of methoxy groups -OCH3 is 2. The molecule has 0 saturated heterocycles. The predicted octanol–water partition coefficient (Wildman–Crippen LogP) is 0.520. The lowest BCUT2D eigenvalue weighted by atomic mass is 9.87. The quantitative estimate of drug-likeness (QED) is 0.597. The Labute approximate surface area is 116 Å². The van der Waals surface area contributed by atoms with Gasteiger partial charge in [0.05, 0.1) is 24.9 Å². The van der Waals surface area contributed by atoms with E-state index in [9.17, 15) is 18.0 Å². The van der Waals surface area contributed by atoms with Gasteiger partial charge in [0.25, 0.3) is 0 Å². The Morgan fingerprint density at radius 3 is 2.25 bits per heavy atom. The number of fused-ring (bicyclic) bond motifs is 1. The van der Waals surface area contributed by atoms with E-state index in [1.807, 2.05) is 0 Å². The van der Waals surface area contributed by atoms with E-state index in [1.165, 1.54) is 6.07 Å². The van der Waals surface area contributed by atoms with E-state index in [1.54, 1.807) is 18.2 Å². The van der Waals surface area contributed by atoms with Crippen LogP contribution in [-0.4, -0.2) is 40.3 Å². The molecule has 0 radical (unpaired) electrons. The van der Waals surface area contributed by atoms with Crippen molar-refractivity contribution in [1.29, 1.82) is 0 Å². The van der Waals surface area contributed by atoms with Gasteiger partial charge >= 0.3 is 11.9 Å². The van der Waals surface area contributed by atoms with Crippen LogP contribution in [0.2, 0.25) is 0 Å². The van der Waals surface area contributed by atoms with Crippen LogP contribution in [0, 0.1) is 5.92 Å². The third kappa shape index (κ3) is 2.29. The van der Waals surface area contributed by atoms with Gasteiger partial charge in [-0.3, -0.25) is 9.59 Å². The van der Waals surface area contributed by atoms with Crippen molar-refractivity contribution in [3.8, 4) is 0 Å². The van der Waals surface area contributed by atoms with Gasteiger partial charge in [0.1, 0.15) is 0 Å². The van der Waals surface area contributed by atoms with Crippen molar-refractivity contribution in [2.45, 2.75) is 10.8 Å². The van der Waals surface area contributed by atoms with Gasteiger partial charge in [-0.25, -0.2) is 8.42 Å². The molecule has 1 aromatic rings. The fourth-order valence-corrected chi connectivity index (χ4v) is 4.33. The zero-order valence-corrected chi connectivity index (χ0v) is 11.8. The molecule has 1 heterocycles. The zero-order valence-electron chi connectivity index (χ0n) is 11.0. The molecule has 0 spiro atoms. The highest BCUT2D eigenvalue weighted by Crippen LogP contribution is 2.40. The number of ether oxygens (including phenoxy) is 2. The molecule has 108 valence electrons. The molecule has 0 fully saturated rings. The fraction of sp³-hybridized carbons (Fsp3) is 0.385. The van der Waals surface area contributed by atoms with Gasteiger partial charge in [0.15, 0.2) is 15.8 Å². The molecule has 0 aromatic heterocycles. The topological polar surface area (TPSA) is 86.7 Å². The first-order valence-electron chi connectivity index (χ1n) is 5.89. The van der Waals surface area contributed by atoms with Crippen LogP contribution in [0.1, 0.15) is 11.5 Å². The summed E-state index contributed by atoms with van der Waals surface area (Å²) in [5.74, 6) is -3.96. The molecule has 20 heavy (non-hydrogen) atoms. The van der Waals surface area contributed by atoms with E-state index in [-0.39, 0.29) is 10.6 Å². The van der Waals surface area contributed by atoms with Crippen LogP contribution in [0.15, 0.2) is 29.2 Å². The second-order valence-electron chi connectivity index (χ2n) is 4.45. The van der Waals surface area contributed by atoms with Gasteiger partial charge < -0.3 is 9.47 Å². The lowest BCUT2D eigenvalue weighted by Gasteiger charge is -2.18. The summed E-state index contributed by atoms with van der Waals surface area (Å²) in [7, 11) is -1.21. The molecule has 7 heteroatoms. The molecule has 6 nitrogen and oxygen atoms in total. The number of rotatable bonds is 3. The van der Waals surface area contributed by atoms with E-state index in [4.69, 9.17) is 0 Å². The van der Waals surface area contributed by atoms with Crippen molar-refractivity contribution < 1.29 is 27.5 Å². The molecule has 1 aromatic carbocycles. The van der Waals surface area contributed by atoms with E-state index < -0.39 is 33.6 Å². The van der Waals surface area contributed by atoms with Crippen LogP contribution >= 0.6 is 0 Å². The highest BCUT2D eigenvalue weighted by molar-refractivity contribution is 7.91. The molecule has 0 bridgehead atoms. The number of carbonyl (C=O) groups excluding carboxylic acids is 2. The summed E-state index contributed by atoms with van der Waals surface area (Å²) in [6.45, 7) is 0. The lowest BCUT2D eigenvalue weighted by molar-refractivity contribution is -0.159. The molecule has 1 aliphatic heterocycles. The Morgan fingerprint density at radius 1 is 1.15 bits per heavy atom. The molecule has 1 atom stereocenters. The number of sulfone groups is 1. The fourth-order valence-electron chi connectivity index (χ4n) is 2.44. The number of benzene rings is 1. The first-order chi connectivity index (χ1) is 9.42. The molecular formula is C13H14O6S. The van der Waals surface area contributed by atoms with Gasteiger partial charge in [-0.15, -0.1) is 0 Å². The Kier molecular flexibility index (Phi) is 3.80. The molecule has 0 amide bonds. The van der Waals surface area contributed by atoms with Crippen molar-refractivity contribution in [2.24, 2.45) is 5.92 Å². The summed E-state index contributed by atoms with van der Waals surface area (Å²) in [4.78, 5) is 23.8. The molecule has 0 saturated carbocycles. The maximum absolute atomic E-state index is 12.1. The van der Waals surface area contributed by atoms with E-state index >= 15 is 0 Å². The number of hydrogen-bond acceptors (Lipinski definition) is 6. The maximum atomic E-state index is 12.1. The van der Waals surface area contributed by atoms with Crippen molar-refractivity contribution in [3.63, 3.8) is 0 Å². The van der Waals surface area contributed by atoms with Gasteiger partial charge in [-0.05, 0) is 11.6 Å². The molecule has 0 aliphatic carbocycles. The summed E-state index contributed by atoms with van der Waals surface area (Å²) in [5.41, 5.74) is 0.452. The Morgan fingerprint density at radius 2 is 1.70 bits per heavy atom. The van der Waals surface area contributed by atoms with Crippen molar-refractivity contribution in [1.82, 2.24) is 0 Å². The minimum absolute atomic E-state index is 0.155. The molecule has 2 rings (SSSR count). The summed E-state index contributed by atoms with van der Waals surface area (Å²) in [6.07, 6.45) is 0. The average molecular weight is 298 g/mol. The second kappa shape index (κ2) is 5.24. The van der Waals surface area contributed by atoms with E-state index in [0.717, 1.165) is 14.2 Å². The van der Waals surface area contributed by atoms with Gasteiger partial charge in [0.2, 0.25) is 0 Å². The number of carbonyl (C=O) groups is 2.